The molecule has 0 spiro atoms. The second-order valence-electron chi connectivity index (χ2n) is 7.25. The summed E-state index contributed by atoms with van der Waals surface area (Å²) in [5, 5.41) is 7.83. The molecule has 0 bridgehead atoms. The van der Waals surface area contributed by atoms with Crippen LogP contribution in [0.4, 0.5) is 0 Å². The SMILES string of the molecule is C[C@H](OC(=O)c1nn(C)c(=O)c2ccccc12)C(=O)N[C@H]1CCCC[C@H]1C. The number of rotatable bonds is 4. The van der Waals surface area contributed by atoms with Gasteiger partial charge in [0.1, 0.15) is 0 Å². The predicted molar refractivity (Wildman–Crippen MR) is 101 cm³/mol. The fourth-order valence-electron chi connectivity index (χ4n) is 3.55. The van der Waals surface area contributed by atoms with Gasteiger partial charge >= 0.3 is 5.97 Å². The minimum absolute atomic E-state index is 0.0263. The third-order valence-corrected chi connectivity index (χ3v) is 5.24. The zero-order valence-corrected chi connectivity index (χ0v) is 15.9. The average Bonchev–Trinajstić information content (AvgIpc) is 2.66. The van der Waals surface area contributed by atoms with Gasteiger partial charge < -0.3 is 10.1 Å². The van der Waals surface area contributed by atoms with Gasteiger partial charge in [0.25, 0.3) is 11.5 Å². The van der Waals surface area contributed by atoms with Crippen LogP contribution in [-0.2, 0) is 16.6 Å². The first kappa shape index (κ1) is 19.1. The Bertz CT molecular complexity index is 921. The van der Waals surface area contributed by atoms with E-state index in [1.807, 2.05) is 0 Å². The fraction of sp³-hybridized carbons (Fsp3) is 0.500. The van der Waals surface area contributed by atoms with Gasteiger partial charge in [0, 0.05) is 18.5 Å². The molecule has 0 radical (unpaired) electrons. The molecule has 1 saturated carbocycles. The van der Waals surface area contributed by atoms with Crippen molar-refractivity contribution in [1.82, 2.24) is 15.1 Å². The molecular formula is C20H25N3O4. The number of hydrogen-bond acceptors (Lipinski definition) is 5. The second-order valence-corrected chi connectivity index (χ2v) is 7.25. The molecular weight excluding hydrogens is 346 g/mol. The van der Waals surface area contributed by atoms with Gasteiger partial charge in [-0.05, 0) is 31.7 Å². The highest BCUT2D eigenvalue weighted by molar-refractivity contribution is 6.02. The number of nitrogens with zero attached hydrogens (tertiary/aromatic N) is 2. The summed E-state index contributed by atoms with van der Waals surface area (Å²) >= 11 is 0. The minimum Gasteiger partial charge on any atom is -0.448 e. The summed E-state index contributed by atoms with van der Waals surface area (Å²) in [7, 11) is 1.48. The van der Waals surface area contributed by atoms with Gasteiger partial charge in [0.15, 0.2) is 11.8 Å². The fourth-order valence-corrected chi connectivity index (χ4v) is 3.55. The summed E-state index contributed by atoms with van der Waals surface area (Å²) in [4.78, 5) is 37.2. The molecule has 0 saturated heterocycles. The Labute approximate surface area is 157 Å². The van der Waals surface area contributed by atoms with E-state index in [0.29, 0.717) is 16.7 Å². The topological polar surface area (TPSA) is 90.3 Å². The monoisotopic (exact) mass is 371 g/mol. The molecule has 1 N–H and O–H groups in total. The Morgan fingerprint density at radius 3 is 2.59 bits per heavy atom. The standard InChI is InChI=1S/C20H25N3O4/c1-12-8-4-7-11-16(12)21-18(24)13(2)27-20(26)17-14-9-5-6-10-15(14)19(25)23(3)22-17/h5-6,9-10,12-13,16H,4,7-8,11H2,1-3H3,(H,21,24)/t12-,13+,16+/m1/s1. The van der Waals surface area contributed by atoms with Crippen molar-refractivity contribution in [3.05, 3.63) is 40.3 Å². The van der Waals surface area contributed by atoms with E-state index in [1.165, 1.54) is 13.5 Å². The number of fused-ring (bicyclic) bond motifs is 1. The first-order chi connectivity index (χ1) is 12.9. The Kier molecular flexibility index (Phi) is 5.58. The first-order valence-electron chi connectivity index (χ1n) is 9.36. The van der Waals surface area contributed by atoms with Gasteiger partial charge in [-0.15, -0.1) is 0 Å². The maximum Gasteiger partial charge on any atom is 0.360 e. The largest absolute Gasteiger partial charge is 0.448 e. The molecule has 7 heteroatoms. The third kappa shape index (κ3) is 4.02. The first-order valence-corrected chi connectivity index (χ1v) is 9.36. The number of amides is 1. The molecule has 1 aliphatic rings. The van der Waals surface area contributed by atoms with Crippen molar-refractivity contribution in [1.29, 1.82) is 0 Å². The second kappa shape index (κ2) is 7.90. The van der Waals surface area contributed by atoms with E-state index in [2.05, 4.69) is 17.3 Å². The van der Waals surface area contributed by atoms with Crippen LogP contribution in [0, 0.1) is 5.92 Å². The van der Waals surface area contributed by atoms with Crippen LogP contribution in [0.1, 0.15) is 50.0 Å². The number of carbonyl (C=O) groups is 2. The number of aromatic nitrogens is 2. The van der Waals surface area contributed by atoms with Gasteiger partial charge in [-0.3, -0.25) is 9.59 Å². The van der Waals surface area contributed by atoms with Gasteiger partial charge in [0.05, 0.1) is 5.39 Å². The maximum absolute atomic E-state index is 12.6. The van der Waals surface area contributed by atoms with E-state index in [1.54, 1.807) is 31.2 Å². The van der Waals surface area contributed by atoms with Crippen LogP contribution in [0.3, 0.4) is 0 Å². The lowest BCUT2D eigenvalue weighted by atomic mass is 9.86. The lowest BCUT2D eigenvalue weighted by Gasteiger charge is -2.30. The molecule has 144 valence electrons. The number of esters is 1. The van der Waals surface area contributed by atoms with Crippen LogP contribution in [0.5, 0.6) is 0 Å². The van der Waals surface area contributed by atoms with Gasteiger partial charge in [-0.1, -0.05) is 38.0 Å². The number of aryl methyl sites for hydroxylation is 1. The van der Waals surface area contributed by atoms with Crippen molar-refractivity contribution >= 4 is 22.6 Å². The third-order valence-electron chi connectivity index (χ3n) is 5.24. The van der Waals surface area contributed by atoms with Crippen molar-refractivity contribution in [2.45, 2.75) is 51.7 Å². The molecule has 7 nitrogen and oxygen atoms in total. The van der Waals surface area contributed by atoms with Crippen LogP contribution < -0.4 is 10.9 Å². The quantitative estimate of drug-likeness (QED) is 0.832. The average molecular weight is 371 g/mol. The minimum atomic E-state index is -0.940. The maximum atomic E-state index is 12.6. The van der Waals surface area contributed by atoms with Crippen LogP contribution in [0.25, 0.3) is 10.8 Å². The molecule has 3 atom stereocenters. The summed E-state index contributed by atoms with van der Waals surface area (Å²) < 4.78 is 6.45. The highest BCUT2D eigenvalue weighted by atomic mass is 16.5. The van der Waals surface area contributed by atoms with E-state index < -0.39 is 12.1 Å². The molecule has 1 aromatic carbocycles. The van der Waals surface area contributed by atoms with E-state index in [-0.39, 0.29) is 23.2 Å². The molecule has 0 unspecified atom stereocenters. The number of carbonyl (C=O) groups excluding carboxylic acids is 2. The van der Waals surface area contributed by atoms with E-state index in [0.717, 1.165) is 23.9 Å². The Hall–Kier alpha value is -2.70. The number of benzene rings is 1. The number of hydrogen-bond donors (Lipinski definition) is 1. The van der Waals surface area contributed by atoms with Crippen LogP contribution >= 0.6 is 0 Å². The summed E-state index contributed by atoms with van der Waals surface area (Å²) in [5.74, 6) is -0.614. The number of ether oxygens (including phenoxy) is 1. The van der Waals surface area contributed by atoms with Gasteiger partial charge in [0.2, 0.25) is 0 Å². The van der Waals surface area contributed by atoms with E-state index in [4.69, 9.17) is 4.74 Å². The van der Waals surface area contributed by atoms with Crippen molar-refractivity contribution in [2.24, 2.45) is 13.0 Å². The molecule has 3 rings (SSSR count). The Balaban J connectivity index is 1.75. The summed E-state index contributed by atoms with van der Waals surface area (Å²) in [6.07, 6.45) is 3.37. The van der Waals surface area contributed by atoms with Crippen molar-refractivity contribution in [2.75, 3.05) is 0 Å². The lowest BCUT2D eigenvalue weighted by Crippen LogP contribution is -2.46. The smallest absolute Gasteiger partial charge is 0.360 e. The molecule has 0 aliphatic heterocycles. The molecule has 1 heterocycles. The molecule has 1 fully saturated rings. The molecule has 1 amide bonds. The van der Waals surface area contributed by atoms with Gasteiger partial charge in [-0.25, -0.2) is 9.48 Å². The normalized spacial score (nSPS) is 20.9. The van der Waals surface area contributed by atoms with Crippen molar-refractivity contribution in [3.63, 3.8) is 0 Å². The van der Waals surface area contributed by atoms with E-state index >= 15 is 0 Å². The Morgan fingerprint density at radius 2 is 1.89 bits per heavy atom. The zero-order valence-electron chi connectivity index (χ0n) is 15.9. The predicted octanol–water partition coefficient (Wildman–Crippen LogP) is 2.17. The summed E-state index contributed by atoms with van der Waals surface area (Å²) in [6, 6.07) is 6.84. The van der Waals surface area contributed by atoms with Crippen LogP contribution in [0.2, 0.25) is 0 Å². The summed E-state index contributed by atoms with van der Waals surface area (Å²) in [5.41, 5.74) is -0.266. The lowest BCUT2D eigenvalue weighted by molar-refractivity contribution is -0.130. The zero-order chi connectivity index (χ0) is 19.6. The highest BCUT2D eigenvalue weighted by Gasteiger charge is 2.27. The molecule has 1 aliphatic carbocycles. The molecule has 27 heavy (non-hydrogen) atoms. The molecule has 2 aromatic rings. The van der Waals surface area contributed by atoms with E-state index in [9.17, 15) is 14.4 Å². The molecule has 1 aromatic heterocycles. The van der Waals surface area contributed by atoms with Gasteiger partial charge in [-0.2, -0.15) is 5.10 Å². The van der Waals surface area contributed by atoms with Crippen LogP contribution in [-0.4, -0.2) is 33.8 Å². The Morgan fingerprint density at radius 1 is 1.22 bits per heavy atom. The summed E-state index contributed by atoms with van der Waals surface area (Å²) in [6.45, 7) is 3.67. The number of nitrogens with one attached hydrogen (secondary N) is 1. The van der Waals surface area contributed by atoms with Crippen molar-refractivity contribution < 1.29 is 14.3 Å². The van der Waals surface area contributed by atoms with Crippen molar-refractivity contribution in [3.8, 4) is 0 Å². The van der Waals surface area contributed by atoms with Crippen LogP contribution in [0.15, 0.2) is 29.1 Å². The highest BCUT2D eigenvalue weighted by Crippen LogP contribution is 2.24.